The molecule has 0 aliphatic rings. The molecule has 0 aliphatic heterocycles. The molecule has 0 aromatic heterocycles. The highest BCUT2D eigenvalue weighted by atomic mass is 32.2. The van der Waals surface area contributed by atoms with Crippen molar-refractivity contribution in [3.8, 4) is 0 Å². The van der Waals surface area contributed by atoms with Crippen LogP contribution in [0.4, 0.5) is 5.69 Å². The van der Waals surface area contributed by atoms with Gasteiger partial charge in [-0.05, 0) is 48.7 Å². The molecule has 3 aromatic carbocycles. The Morgan fingerprint density at radius 2 is 1.53 bits per heavy atom. The molecule has 0 bridgehead atoms. The fourth-order valence-corrected chi connectivity index (χ4v) is 4.25. The summed E-state index contributed by atoms with van der Waals surface area (Å²) in [5, 5.41) is 2.50. The highest BCUT2D eigenvalue weighted by molar-refractivity contribution is 8.00. The molecular formula is C25H26N2O2S. The standard InChI is InChI=1S/C25H26N2O2S/c1-18-11-10-16-22(19(18)2)26-23(28)17-27(3)25(29)24(20-12-6-4-7-13-20)30-21-14-8-5-9-15-21/h4-16,24H,17H2,1-3H3,(H,26,28). The summed E-state index contributed by atoms with van der Waals surface area (Å²) in [6, 6.07) is 25.3. The summed E-state index contributed by atoms with van der Waals surface area (Å²) in [6.45, 7) is 3.97. The largest absolute Gasteiger partial charge is 0.335 e. The summed E-state index contributed by atoms with van der Waals surface area (Å²) >= 11 is 1.49. The monoisotopic (exact) mass is 418 g/mol. The van der Waals surface area contributed by atoms with E-state index in [0.717, 1.165) is 27.3 Å². The van der Waals surface area contributed by atoms with Crippen LogP contribution in [0.15, 0.2) is 83.8 Å². The number of thioether (sulfide) groups is 1. The Bertz CT molecular complexity index is 1010. The molecule has 0 radical (unpaired) electrons. The SMILES string of the molecule is Cc1cccc(NC(=O)CN(C)C(=O)C(Sc2ccccc2)c2ccccc2)c1C. The first kappa shape index (κ1) is 21.7. The molecule has 0 aliphatic carbocycles. The number of hydrogen-bond donors (Lipinski definition) is 1. The van der Waals surface area contributed by atoms with Gasteiger partial charge in [-0.15, -0.1) is 11.8 Å². The van der Waals surface area contributed by atoms with Crippen molar-refractivity contribution in [3.63, 3.8) is 0 Å². The van der Waals surface area contributed by atoms with Crippen LogP contribution in [0.5, 0.6) is 0 Å². The predicted octanol–water partition coefficient (Wildman–Crippen LogP) is 5.23. The Labute approximate surface area is 182 Å². The Hall–Kier alpha value is -3.05. The summed E-state index contributed by atoms with van der Waals surface area (Å²) in [4.78, 5) is 28.4. The van der Waals surface area contributed by atoms with Gasteiger partial charge in [0.2, 0.25) is 11.8 Å². The Morgan fingerprint density at radius 1 is 0.900 bits per heavy atom. The number of carbonyl (C=O) groups is 2. The van der Waals surface area contributed by atoms with E-state index in [4.69, 9.17) is 0 Å². The van der Waals surface area contributed by atoms with E-state index in [-0.39, 0.29) is 18.4 Å². The highest BCUT2D eigenvalue weighted by Gasteiger charge is 2.26. The first-order chi connectivity index (χ1) is 14.5. The number of rotatable bonds is 7. The molecule has 1 N–H and O–H groups in total. The predicted molar refractivity (Wildman–Crippen MR) is 124 cm³/mol. The second-order valence-corrected chi connectivity index (χ2v) is 8.39. The molecule has 154 valence electrons. The van der Waals surface area contributed by atoms with Crippen LogP contribution in [0.2, 0.25) is 0 Å². The molecule has 0 fully saturated rings. The lowest BCUT2D eigenvalue weighted by atomic mass is 10.1. The molecule has 1 atom stereocenters. The van der Waals surface area contributed by atoms with E-state index in [1.165, 1.54) is 16.7 Å². The normalized spacial score (nSPS) is 11.6. The van der Waals surface area contributed by atoms with Crippen LogP contribution in [-0.2, 0) is 9.59 Å². The summed E-state index contributed by atoms with van der Waals surface area (Å²) in [7, 11) is 1.67. The molecular weight excluding hydrogens is 392 g/mol. The molecule has 0 heterocycles. The molecule has 5 heteroatoms. The third-order valence-electron chi connectivity index (χ3n) is 4.96. The molecule has 3 aromatic rings. The Kier molecular flexibility index (Phi) is 7.31. The van der Waals surface area contributed by atoms with E-state index in [0.29, 0.717) is 0 Å². The molecule has 30 heavy (non-hydrogen) atoms. The zero-order chi connectivity index (χ0) is 21.5. The van der Waals surface area contributed by atoms with Crippen molar-refractivity contribution in [1.82, 2.24) is 4.90 Å². The average molecular weight is 419 g/mol. The van der Waals surface area contributed by atoms with Crippen molar-refractivity contribution < 1.29 is 9.59 Å². The molecule has 0 saturated heterocycles. The number of likely N-dealkylation sites (N-methyl/N-ethyl adjacent to an activating group) is 1. The second-order valence-electron chi connectivity index (χ2n) is 7.21. The molecule has 0 spiro atoms. The minimum absolute atomic E-state index is 0.00903. The van der Waals surface area contributed by atoms with Gasteiger partial charge in [-0.3, -0.25) is 9.59 Å². The van der Waals surface area contributed by atoms with Gasteiger partial charge < -0.3 is 10.2 Å². The highest BCUT2D eigenvalue weighted by Crippen LogP contribution is 2.36. The molecule has 2 amide bonds. The fourth-order valence-electron chi connectivity index (χ4n) is 3.09. The number of hydrogen-bond acceptors (Lipinski definition) is 3. The van der Waals surface area contributed by atoms with Crippen LogP contribution in [0.1, 0.15) is 21.9 Å². The maximum absolute atomic E-state index is 13.3. The lowest BCUT2D eigenvalue weighted by Gasteiger charge is -2.24. The smallest absolute Gasteiger partial charge is 0.243 e. The van der Waals surface area contributed by atoms with Crippen molar-refractivity contribution in [1.29, 1.82) is 0 Å². The van der Waals surface area contributed by atoms with Gasteiger partial charge in [0.25, 0.3) is 0 Å². The maximum Gasteiger partial charge on any atom is 0.243 e. The van der Waals surface area contributed by atoms with Crippen LogP contribution in [0.25, 0.3) is 0 Å². The number of anilines is 1. The van der Waals surface area contributed by atoms with E-state index in [1.807, 2.05) is 92.7 Å². The van der Waals surface area contributed by atoms with Crippen molar-refractivity contribution in [2.75, 3.05) is 18.9 Å². The van der Waals surface area contributed by atoms with Gasteiger partial charge in [0, 0.05) is 17.6 Å². The molecule has 0 saturated carbocycles. The van der Waals surface area contributed by atoms with E-state index in [2.05, 4.69) is 5.32 Å². The van der Waals surface area contributed by atoms with Gasteiger partial charge in [0.1, 0.15) is 5.25 Å². The van der Waals surface area contributed by atoms with Gasteiger partial charge in [0.05, 0.1) is 6.54 Å². The van der Waals surface area contributed by atoms with Crippen LogP contribution >= 0.6 is 11.8 Å². The molecule has 3 rings (SSSR count). The second kappa shape index (κ2) is 10.1. The summed E-state index contributed by atoms with van der Waals surface area (Å²) in [5.74, 6) is -0.317. The van der Waals surface area contributed by atoms with Crippen LogP contribution in [0, 0.1) is 13.8 Å². The number of amides is 2. The third kappa shape index (κ3) is 5.51. The van der Waals surface area contributed by atoms with Gasteiger partial charge in [0.15, 0.2) is 0 Å². The fraction of sp³-hybridized carbons (Fsp3) is 0.200. The maximum atomic E-state index is 13.3. The van der Waals surface area contributed by atoms with E-state index in [9.17, 15) is 9.59 Å². The Balaban J connectivity index is 1.73. The summed E-state index contributed by atoms with van der Waals surface area (Å²) < 4.78 is 0. The van der Waals surface area contributed by atoms with Crippen molar-refractivity contribution in [2.45, 2.75) is 24.0 Å². The lowest BCUT2D eigenvalue weighted by molar-refractivity contribution is -0.132. The zero-order valence-electron chi connectivity index (χ0n) is 17.5. The van der Waals surface area contributed by atoms with Crippen LogP contribution < -0.4 is 5.32 Å². The van der Waals surface area contributed by atoms with Crippen molar-refractivity contribution >= 4 is 29.3 Å². The third-order valence-corrected chi connectivity index (χ3v) is 6.21. The van der Waals surface area contributed by atoms with Gasteiger partial charge in [-0.25, -0.2) is 0 Å². The lowest BCUT2D eigenvalue weighted by Crippen LogP contribution is -2.37. The number of nitrogens with one attached hydrogen (secondary N) is 1. The van der Waals surface area contributed by atoms with Crippen LogP contribution in [-0.4, -0.2) is 30.3 Å². The minimum Gasteiger partial charge on any atom is -0.335 e. The molecule has 4 nitrogen and oxygen atoms in total. The first-order valence-corrected chi connectivity index (χ1v) is 10.7. The van der Waals surface area contributed by atoms with E-state index < -0.39 is 5.25 Å². The van der Waals surface area contributed by atoms with Gasteiger partial charge >= 0.3 is 0 Å². The van der Waals surface area contributed by atoms with Gasteiger partial charge in [-0.2, -0.15) is 0 Å². The topological polar surface area (TPSA) is 49.4 Å². The van der Waals surface area contributed by atoms with Crippen molar-refractivity contribution in [3.05, 3.63) is 95.6 Å². The van der Waals surface area contributed by atoms with E-state index in [1.54, 1.807) is 7.05 Å². The first-order valence-electron chi connectivity index (χ1n) is 9.83. The average Bonchev–Trinajstić information content (AvgIpc) is 2.76. The number of carbonyl (C=O) groups excluding carboxylic acids is 2. The van der Waals surface area contributed by atoms with Crippen LogP contribution in [0.3, 0.4) is 0 Å². The Morgan fingerprint density at radius 3 is 2.20 bits per heavy atom. The zero-order valence-corrected chi connectivity index (χ0v) is 18.3. The minimum atomic E-state index is -0.424. The van der Waals surface area contributed by atoms with E-state index >= 15 is 0 Å². The quantitative estimate of drug-likeness (QED) is 0.534. The van der Waals surface area contributed by atoms with Gasteiger partial charge in [-0.1, -0.05) is 60.7 Å². The summed E-state index contributed by atoms with van der Waals surface area (Å²) in [6.07, 6.45) is 0. The number of nitrogens with zero attached hydrogens (tertiary/aromatic N) is 1. The van der Waals surface area contributed by atoms with Crippen molar-refractivity contribution in [2.24, 2.45) is 0 Å². The summed E-state index contributed by atoms with van der Waals surface area (Å²) in [5.41, 5.74) is 3.83. The molecule has 1 unspecified atom stereocenters. The number of benzene rings is 3. The number of aryl methyl sites for hydroxylation is 1.